The van der Waals surface area contributed by atoms with E-state index in [-0.39, 0.29) is 0 Å². The quantitative estimate of drug-likeness (QED) is 0.664. The van der Waals surface area contributed by atoms with Crippen LogP contribution < -0.4 is 0 Å². The molecule has 0 aliphatic carbocycles. The third kappa shape index (κ3) is 3.45. The molecule has 1 aliphatic rings. The minimum Gasteiger partial charge on any atom is -0.377 e. The van der Waals surface area contributed by atoms with Crippen molar-refractivity contribution in [1.82, 2.24) is 4.90 Å². The lowest BCUT2D eigenvalue weighted by atomic mass is 10.2. The normalized spacial score (nSPS) is 16.5. The first-order chi connectivity index (χ1) is 7.65. The van der Waals surface area contributed by atoms with E-state index in [1.807, 2.05) is 0 Å². The molecular formula is C11H21NO3Si. The minimum atomic E-state index is -2.41. The van der Waals surface area contributed by atoms with Crippen LogP contribution in [0.2, 0.25) is 6.04 Å². The van der Waals surface area contributed by atoms with Crippen LogP contribution in [0.1, 0.15) is 6.92 Å². The lowest BCUT2D eigenvalue weighted by molar-refractivity contribution is 0.121. The summed E-state index contributed by atoms with van der Waals surface area (Å²) < 4.78 is 16.1. The summed E-state index contributed by atoms with van der Waals surface area (Å²) in [6.07, 6.45) is 6.42. The van der Waals surface area contributed by atoms with Gasteiger partial charge in [-0.05, 0) is 19.2 Å². The molecule has 0 unspecified atom stereocenters. The molecule has 0 aromatic heterocycles. The summed E-state index contributed by atoms with van der Waals surface area (Å²) in [6.45, 7) is 3.94. The maximum atomic E-state index is 5.38. The molecule has 1 heterocycles. The molecule has 0 bridgehead atoms. The zero-order chi connectivity index (χ0) is 12.0. The summed E-state index contributed by atoms with van der Waals surface area (Å²) in [5, 5.41) is 0. The molecule has 0 saturated carbocycles. The molecule has 0 atom stereocenters. The van der Waals surface area contributed by atoms with Crippen molar-refractivity contribution in [3.8, 4) is 0 Å². The molecule has 92 valence electrons. The number of hydrogen-bond acceptors (Lipinski definition) is 4. The highest BCUT2D eigenvalue weighted by molar-refractivity contribution is 6.60. The van der Waals surface area contributed by atoms with E-state index in [0.717, 1.165) is 19.1 Å². The second kappa shape index (κ2) is 6.20. The fraction of sp³-hybridized carbons (Fsp3) is 0.636. The van der Waals surface area contributed by atoms with Crippen molar-refractivity contribution in [2.24, 2.45) is 0 Å². The Kier molecular flexibility index (Phi) is 5.21. The van der Waals surface area contributed by atoms with Gasteiger partial charge >= 0.3 is 8.80 Å². The van der Waals surface area contributed by atoms with Gasteiger partial charge < -0.3 is 18.2 Å². The fourth-order valence-corrected chi connectivity index (χ4v) is 3.29. The minimum absolute atomic E-state index is 0.799. The van der Waals surface area contributed by atoms with Crippen LogP contribution in [0.15, 0.2) is 23.9 Å². The van der Waals surface area contributed by atoms with Gasteiger partial charge in [-0.25, -0.2) is 0 Å². The van der Waals surface area contributed by atoms with Crippen LogP contribution >= 0.6 is 0 Å². The molecule has 0 N–H and O–H groups in total. The molecule has 0 aromatic rings. The molecule has 0 radical (unpaired) electrons. The maximum absolute atomic E-state index is 5.38. The Morgan fingerprint density at radius 2 is 1.88 bits per heavy atom. The summed E-state index contributed by atoms with van der Waals surface area (Å²) in [5.41, 5.74) is 1.31. The highest BCUT2D eigenvalue weighted by Gasteiger charge is 2.37. The van der Waals surface area contributed by atoms with Gasteiger partial charge in [0.25, 0.3) is 0 Å². The average molecular weight is 243 g/mol. The number of rotatable bonds is 6. The van der Waals surface area contributed by atoms with Gasteiger partial charge in [0.1, 0.15) is 0 Å². The maximum Gasteiger partial charge on any atom is 0.501 e. The fourth-order valence-electron chi connectivity index (χ4n) is 1.62. The number of hydrogen-bond donors (Lipinski definition) is 0. The largest absolute Gasteiger partial charge is 0.501 e. The van der Waals surface area contributed by atoms with Crippen molar-refractivity contribution in [3.05, 3.63) is 23.9 Å². The summed E-state index contributed by atoms with van der Waals surface area (Å²) in [4.78, 5) is 2.23. The van der Waals surface area contributed by atoms with Gasteiger partial charge in [-0.3, -0.25) is 0 Å². The Morgan fingerprint density at radius 3 is 2.31 bits per heavy atom. The number of allylic oxidation sites excluding steroid dienone is 2. The molecule has 0 saturated heterocycles. The van der Waals surface area contributed by atoms with Crippen molar-refractivity contribution in [2.75, 3.05) is 34.4 Å². The van der Waals surface area contributed by atoms with Crippen molar-refractivity contribution in [3.63, 3.8) is 0 Å². The lowest BCUT2D eigenvalue weighted by Gasteiger charge is -2.28. The molecule has 1 rings (SSSR count). The van der Waals surface area contributed by atoms with Crippen LogP contribution in [-0.4, -0.2) is 48.1 Å². The van der Waals surface area contributed by atoms with Crippen LogP contribution in [-0.2, 0) is 13.3 Å². The zero-order valence-electron chi connectivity index (χ0n) is 10.5. The molecule has 4 nitrogen and oxygen atoms in total. The van der Waals surface area contributed by atoms with Gasteiger partial charge in [0, 0.05) is 40.5 Å². The molecule has 1 aliphatic heterocycles. The zero-order valence-corrected chi connectivity index (χ0v) is 11.5. The Hall–Kier alpha value is -0.623. The predicted octanol–water partition coefficient (Wildman–Crippen LogP) is 1.64. The third-order valence-electron chi connectivity index (χ3n) is 2.83. The van der Waals surface area contributed by atoms with E-state index in [1.165, 1.54) is 5.57 Å². The Morgan fingerprint density at radius 1 is 1.25 bits per heavy atom. The summed E-state index contributed by atoms with van der Waals surface area (Å²) >= 11 is 0. The Bertz CT molecular complexity index is 266. The van der Waals surface area contributed by atoms with Gasteiger partial charge in [0.15, 0.2) is 0 Å². The molecule has 0 aromatic carbocycles. The number of nitrogens with zero attached hydrogens (tertiary/aromatic N) is 1. The first-order valence-electron chi connectivity index (χ1n) is 5.40. The Balaban J connectivity index is 2.42. The lowest BCUT2D eigenvalue weighted by Crippen LogP contribution is -2.45. The van der Waals surface area contributed by atoms with Gasteiger partial charge in [0.05, 0.1) is 0 Å². The van der Waals surface area contributed by atoms with E-state index in [4.69, 9.17) is 13.3 Å². The monoisotopic (exact) mass is 243 g/mol. The van der Waals surface area contributed by atoms with Gasteiger partial charge in [0.2, 0.25) is 0 Å². The van der Waals surface area contributed by atoms with E-state index in [2.05, 4.69) is 30.2 Å². The second-order valence-corrected chi connectivity index (χ2v) is 6.89. The van der Waals surface area contributed by atoms with Gasteiger partial charge in [-0.2, -0.15) is 0 Å². The summed E-state index contributed by atoms with van der Waals surface area (Å²) in [7, 11) is 2.53. The highest BCUT2D eigenvalue weighted by atomic mass is 28.4. The smallest absolute Gasteiger partial charge is 0.377 e. The first kappa shape index (κ1) is 13.4. The van der Waals surface area contributed by atoms with Gasteiger partial charge in [-0.1, -0.05) is 11.6 Å². The second-order valence-electron chi connectivity index (χ2n) is 3.80. The molecule has 0 spiro atoms. The van der Waals surface area contributed by atoms with E-state index in [1.54, 1.807) is 21.3 Å². The summed E-state index contributed by atoms with van der Waals surface area (Å²) in [6, 6.07) is 0.799. The predicted molar refractivity (Wildman–Crippen MR) is 66.1 cm³/mol. The van der Waals surface area contributed by atoms with E-state index in [9.17, 15) is 0 Å². The van der Waals surface area contributed by atoms with Crippen LogP contribution in [0.3, 0.4) is 0 Å². The van der Waals surface area contributed by atoms with Crippen molar-refractivity contribution in [1.29, 1.82) is 0 Å². The van der Waals surface area contributed by atoms with Crippen LogP contribution in [0.4, 0.5) is 0 Å². The summed E-state index contributed by atoms with van der Waals surface area (Å²) in [5.74, 6) is 0. The van der Waals surface area contributed by atoms with E-state index >= 15 is 0 Å². The highest BCUT2D eigenvalue weighted by Crippen LogP contribution is 2.15. The van der Waals surface area contributed by atoms with Crippen molar-refractivity contribution < 1.29 is 13.3 Å². The van der Waals surface area contributed by atoms with Gasteiger partial charge in [-0.15, -0.1) is 0 Å². The average Bonchev–Trinajstić information content (AvgIpc) is 2.34. The van der Waals surface area contributed by atoms with Crippen LogP contribution in [0.5, 0.6) is 0 Å². The molecule has 5 heteroatoms. The Labute approximate surface area is 98.9 Å². The first-order valence-corrected chi connectivity index (χ1v) is 7.33. The van der Waals surface area contributed by atoms with Crippen molar-refractivity contribution in [2.45, 2.75) is 13.0 Å². The molecular weight excluding hydrogens is 222 g/mol. The van der Waals surface area contributed by atoms with Crippen molar-refractivity contribution >= 4 is 8.80 Å². The van der Waals surface area contributed by atoms with E-state index < -0.39 is 8.80 Å². The SMILES string of the molecule is CO[Si](CCN1C=CC(C)=CC1)(OC)OC. The molecule has 0 amide bonds. The standard InChI is InChI=1S/C11H21NO3Si/c1-11-5-7-12(8-6-11)9-10-16(13-2,14-3)15-4/h5-7H,8-10H2,1-4H3. The van der Waals surface area contributed by atoms with E-state index in [0.29, 0.717) is 0 Å². The molecule has 0 fully saturated rings. The van der Waals surface area contributed by atoms with Crippen LogP contribution in [0.25, 0.3) is 0 Å². The third-order valence-corrected chi connectivity index (χ3v) is 5.54. The molecule has 16 heavy (non-hydrogen) atoms. The van der Waals surface area contributed by atoms with Crippen LogP contribution in [0, 0.1) is 0 Å². The topological polar surface area (TPSA) is 30.9 Å².